The fraction of sp³-hybridized carbons (Fsp3) is 0.474. The van der Waals surface area contributed by atoms with Gasteiger partial charge in [-0.05, 0) is 30.4 Å². The van der Waals surface area contributed by atoms with Crippen LogP contribution in [0.25, 0.3) is 0 Å². The molecule has 0 bridgehead atoms. The second kappa shape index (κ2) is 9.75. The second-order valence-corrected chi connectivity index (χ2v) is 7.22. The summed E-state index contributed by atoms with van der Waals surface area (Å²) in [4.78, 5) is 13.2. The molecule has 0 aliphatic carbocycles. The van der Waals surface area contributed by atoms with Crippen LogP contribution in [0, 0.1) is 5.92 Å². The van der Waals surface area contributed by atoms with Crippen LogP contribution >= 0.6 is 11.8 Å². The van der Waals surface area contributed by atoms with Crippen LogP contribution in [0.1, 0.15) is 23.4 Å². The molecule has 26 heavy (non-hydrogen) atoms. The third kappa shape index (κ3) is 5.86. The summed E-state index contributed by atoms with van der Waals surface area (Å²) in [7, 11) is 0. The lowest BCUT2D eigenvalue weighted by Gasteiger charge is -2.08. The summed E-state index contributed by atoms with van der Waals surface area (Å²) >= 11 is 1.70. The van der Waals surface area contributed by atoms with Crippen LogP contribution in [-0.4, -0.2) is 37.1 Å². The number of nitrogens with one attached hydrogen (secondary N) is 1. The molecule has 6 nitrogen and oxygen atoms in total. The Morgan fingerprint density at radius 1 is 1.38 bits per heavy atom. The first-order valence-corrected chi connectivity index (χ1v) is 9.95. The smallest absolute Gasteiger partial charge is 0.226 e. The van der Waals surface area contributed by atoms with Gasteiger partial charge in [0.15, 0.2) is 5.76 Å². The summed E-state index contributed by atoms with van der Waals surface area (Å²) in [6.07, 6.45) is 3.27. The Morgan fingerprint density at radius 2 is 2.31 bits per heavy atom. The van der Waals surface area contributed by atoms with E-state index in [0.717, 1.165) is 25.2 Å². The van der Waals surface area contributed by atoms with Gasteiger partial charge in [-0.15, -0.1) is 11.8 Å². The monoisotopic (exact) mass is 376 g/mol. The molecule has 1 aromatic carbocycles. The number of carbonyl (C=O) groups is 1. The predicted octanol–water partition coefficient (Wildman–Crippen LogP) is 2.81. The Hall–Kier alpha value is -1.83. The zero-order chi connectivity index (χ0) is 18.2. The Balaban J connectivity index is 1.39. The quantitative estimate of drug-likeness (QED) is 0.679. The number of amides is 1. The van der Waals surface area contributed by atoms with Gasteiger partial charge in [0.05, 0.1) is 25.3 Å². The lowest BCUT2D eigenvalue weighted by Crippen LogP contribution is -2.30. The standard InChI is InChI=1S/C19H24N2O4S/c1-26-18-4-2-3-14(7-18)11-24-13-17-8-16(21-25-17)9-19(22)20-10-15-5-6-23-12-15/h2-4,7-8,15H,5-6,9-13H2,1H3,(H,20,22). The van der Waals surface area contributed by atoms with Crippen LogP contribution in [0.2, 0.25) is 0 Å². The van der Waals surface area contributed by atoms with Crippen LogP contribution in [0.5, 0.6) is 0 Å². The molecular formula is C19H24N2O4S. The highest BCUT2D eigenvalue weighted by molar-refractivity contribution is 7.98. The minimum atomic E-state index is -0.0495. The number of hydrogen-bond acceptors (Lipinski definition) is 6. The van der Waals surface area contributed by atoms with Crippen LogP contribution in [-0.2, 0) is 33.9 Å². The highest BCUT2D eigenvalue weighted by atomic mass is 32.2. The van der Waals surface area contributed by atoms with E-state index in [0.29, 0.717) is 37.1 Å². The van der Waals surface area contributed by atoms with E-state index in [2.05, 4.69) is 22.6 Å². The van der Waals surface area contributed by atoms with Crippen LogP contribution < -0.4 is 5.32 Å². The number of hydrogen-bond donors (Lipinski definition) is 1. The summed E-state index contributed by atoms with van der Waals surface area (Å²) in [6, 6.07) is 10.0. The fourth-order valence-electron chi connectivity index (χ4n) is 2.77. The molecule has 1 aromatic heterocycles. The number of ether oxygens (including phenoxy) is 2. The van der Waals surface area contributed by atoms with Crippen molar-refractivity contribution in [3.8, 4) is 0 Å². The van der Waals surface area contributed by atoms with Gasteiger partial charge in [0.2, 0.25) is 5.91 Å². The minimum Gasteiger partial charge on any atom is -0.381 e. The number of benzene rings is 1. The molecule has 1 aliphatic heterocycles. The zero-order valence-corrected chi connectivity index (χ0v) is 15.7. The minimum absolute atomic E-state index is 0.0495. The molecule has 2 aromatic rings. The van der Waals surface area contributed by atoms with Crippen molar-refractivity contribution in [2.75, 3.05) is 26.0 Å². The van der Waals surface area contributed by atoms with Crippen LogP contribution in [0.15, 0.2) is 39.8 Å². The molecule has 1 N–H and O–H groups in total. The average molecular weight is 376 g/mol. The van der Waals surface area contributed by atoms with Gasteiger partial charge >= 0.3 is 0 Å². The van der Waals surface area contributed by atoms with E-state index in [1.165, 1.54) is 4.90 Å². The normalized spacial score (nSPS) is 16.7. The van der Waals surface area contributed by atoms with E-state index in [-0.39, 0.29) is 12.3 Å². The van der Waals surface area contributed by atoms with E-state index in [4.69, 9.17) is 14.0 Å². The molecule has 0 saturated carbocycles. The molecule has 2 heterocycles. The maximum atomic E-state index is 12.0. The van der Waals surface area contributed by atoms with Gasteiger partial charge in [-0.3, -0.25) is 4.79 Å². The average Bonchev–Trinajstić information content (AvgIpc) is 3.32. The van der Waals surface area contributed by atoms with Gasteiger partial charge in [0.1, 0.15) is 6.61 Å². The summed E-state index contributed by atoms with van der Waals surface area (Å²) in [5.74, 6) is 0.995. The van der Waals surface area contributed by atoms with Crippen molar-refractivity contribution in [1.82, 2.24) is 10.5 Å². The van der Waals surface area contributed by atoms with Gasteiger partial charge in [-0.25, -0.2) is 0 Å². The summed E-state index contributed by atoms with van der Waals surface area (Å²) in [6.45, 7) is 3.01. The lowest BCUT2D eigenvalue weighted by molar-refractivity contribution is -0.120. The first-order valence-electron chi connectivity index (χ1n) is 8.72. The van der Waals surface area contributed by atoms with Crippen LogP contribution in [0.3, 0.4) is 0 Å². The fourth-order valence-corrected chi connectivity index (χ4v) is 3.25. The van der Waals surface area contributed by atoms with E-state index in [1.54, 1.807) is 17.8 Å². The Morgan fingerprint density at radius 3 is 3.12 bits per heavy atom. The van der Waals surface area contributed by atoms with Crippen molar-refractivity contribution >= 4 is 17.7 Å². The van der Waals surface area contributed by atoms with E-state index < -0.39 is 0 Å². The first kappa shape index (κ1) is 18.9. The van der Waals surface area contributed by atoms with Crippen molar-refractivity contribution < 1.29 is 18.8 Å². The lowest BCUT2D eigenvalue weighted by atomic mass is 10.1. The van der Waals surface area contributed by atoms with Gasteiger partial charge in [0, 0.05) is 30.0 Å². The van der Waals surface area contributed by atoms with Crippen molar-refractivity contribution in [3.05, 3.63) is 47.3 Å². The van der Waals surface area contributed by atoms with Gasteiger partial charge in [-0.2, -0.15) is 0 Å². The molecule has 1 aliphatic rings. The Kier molecular flexibility index (Phi) is 7.11. The number of aromatic nitrogens is 1. The maximum Gasteiger partial charge on any atom is 0.226 e. The summed E-state index contributed by atoms with van der Waals surface area (Å²) in [5, 5.41) is 6.87. The van der Waals surface area contributed by atoms with Gasteiger partial charge in [0.25, 0.3) is 0 Å². The van der Waals surface area contributed by atoms with E-state index >= 15 is 0 Å². The van der Waals surface area contributed by atoms with Crippen molar-refractivity contribution in [2.45, 2.75) is 31.0 Å². The van der Waals surface area contributed by atoms with E-state index in [1.807, 2.05) is 18.4 Å². The molecule has 1 amide bonds. The van der Waals surface area contributed by atoms with E-state index in [9.17, 15) is 4.79 Å². The van der Waals surface area contributed by atoms with Gasteiger partial charge in [-0.1, -0.05) is 17.3 Å². The number of rotatable bonds is 9. The summed E-state index contributed by atoms with van der Waals surface area (Å²) in [5.41, 5.74) is 1.74. The molecule has 140 valence electrons. The molecule has 3 rings (SSSR count). The molecule has 7 heteroatoms. The molecule has 1 fully saturated rings. The van der Waals surface area contributed by atoms with Gasteiger partial charge < -0.3 is 19.3 Å². The topological polar surface area (TPSA) is 73.6 Å². The molecule has 1 saturated heterocycles. The third-order valence-corrected chi connectivity index (χ3v) is 4.93. The Bertz CT molecular complexity index is 713. The third-order valence-electron chi connectivity index (χ3n) is 4.21. The largest absolute Gasteiger partial charge is 0.381 e. The maximum absolute atomic E-state index is 12.0. The van der Waals surface area contributed by atoms with Crippen molar-refractivity contribution in [1.29, 1.82) is 0 Å². The number of nitrogens with zero attached hydrogens (tertiary/aromatic N) is 1. The number of carbonyl (C=O) groups excluding carboxylic acids is 1. The van der Waals surface area contributed by atoms with Crippen molar-refractivity contribution in [2.24, 2.45) is 5.92 Å². The first-order chi connectivity index (χ1) is 12.7. The SMILES string of the molecule is CSc1cccc(COCc2cc(CC(=O)NCC3CCOC3)no2)c1. The second-order valence-electron chi connectivity index (χ2n) is 6.34. The molecule has 1 unspecified atom stereocenters. The zero-order valence-electron chi connectivity index (χ0n) is 14.9. The Labute approximate surface area is 157 Å². The predicted molar refractivity (Wildman–Crippen MR) is 98.9 cm³/mol. The van der Waals surface area contributed by atoms with Crippen LogP contribution in [0.4, 0.5) is 0 Å². The highest BCUT2D eigenvalue weighted by Gasteiger charge is 2.17. The highest BCUT2D eigenvalue weighted by Crippen LogP contribution is 2.17. The molecular weight excluding hydrogens is 352 g/mol. The molecule has 1 atom stereocenters. The molecule has 0 radical (unpaired) electrons. The van der Waals surface area contributed by atoms with Crippen molar-refractivity contribution in [3.63, 3.8) is 0 Å². The molecule has 0 spiro atoms. The number of thioether (sulfide) groups is 1. The summed E-state index contributed by atoms with van der Waals surface area (Å²) < 4.78 is 16.2.